The Kier molecular flexibility index (Phi) is 9.26. The summed E-state index contributed by atoms with van der Waals surface area (Å²) in [4.78, 5) is 12.4. The fraction of sp³-hybridized carbons (Fsp3) is 0.120. The molecule has 0 saturated carbocycles. The molecule has 0 saturated heterocycles. The topological polar surface area (TPSA) is 106 Å². The molecular formula is C25H16BCl2F6N5O3. The predicted molar refractivity (Wildman–Crippen MR) is 141 cm³/mol. The van der Waals surface area contributed by atoms with Crippen molar-refractivity contribution in [3.8, 4) is 17.1 Å². The molecular weight excluding hydrogens is 614 g/mol. The van der Waals surface area contributed by atoms with E-state index in [2.05, 4.69) is 20.1 Å². The molecule has 2 aromatic carbocycles. The smallest absolute Gasteiger partial charge is 0.471 e. The largest absolute Gasteiger partial charge is 0.489 e. The number of pyridine rings is 1. The normalized spacial score (nSPS) is 11.7. The van der Waals surface area contributed by atoms with Gasteiger partial charge in [0, 0.05) is 27.9 Å². The maximum atomic E-state index is 13.3. The third-order valence-electron chi connectivity index (χ3n) is 5.41. The van der Waals surface area contributed by atoms with Crippen molar-refractivity contribution in [2.24, 2.45) is 0 Å². The molecule has 0 fully saturated rings. The fourth-order valence-electron chi connectivity index (χ4n) is 3.58. The number of hydrogen-bond acceptors (Lipinski definition) is 7. The number of hydrogen-bond donors (Lipinski definition) is 2. The maximum Gasteiger partial charge on any atom is 0.489 e. The van der Waals surface area contributed by atoms with E-state index in [1.54, 1.807) is 24.4 Å². The van der Waals surface area contributed by atoms with E-state index in [0.717, 1.165) is 18.2 Å². The molecule has 0 amide bonds. The van der Waals surface area contributed by atoms with Crippen LogP contribution in [0.4, 0.5) is 26.3 Å². The highest BCUT2D eigenvalue weighted by Gasteiger charge is 2.36. The summed E-state index contributed by atoms with van der Waals surface area (Å²) in [5, 5.41) is 21.4. The Balaban J connectivity index is 0.000000244. The zero-order chi connectivity index (χ0) is 30.7. The molecule has 3 aromatic heterocycles. The van der Waals surface area contributed by atoms with Gasteiger partial charge in [0.05, 0.1) is 23.5 Å². The molecule has 0 aliphatic rings. The first-order chi connectivity index (χ1) is 19.7. The third kappa shape index (κ3) is 7.67. The molecule has 0 bridgehead atoms. The minimum absolute atomic E-state index is 0.0123. The quantitative estimate of drug-likeness (QED) is 0.196. The van der Waals surface area contributed by atoms with Gasteiger partial charge in [0.1, 0.15) is 18.0 Å². The molecule has 0 spiro atoms. The second kappa shape index (κ2) is 12.5. The SMILES string of the molecule is FC(F)(F)c1cc(Cl)ccc1-c1cnc2nc(COc3ccccn3)cn2n1.OB(O)c1ccc(Cl)cc1C(F)(F)F. The van der Waals surface area contributed by atoms with Crippen LogP contribution in [0.1, 0.15) is 16.8 Å². The lowest BCUT2D eigenvalue weighted by Gasteiger charge is -2.12. The van der Waals surface area contributed by atoms with Gasteiger partial charge in [0.15, 0.2) is 0 Å². The summed E-state index contributed by atoms with van der Waals surface area (Å²) in [6.45, 7) is 0.117. The number of ether oxygens (including phenoxy) is 1. The van der Waals surface area contributed by atoms with E-state index in [0.29, 0.717) is 17.6 Å². The van der Waals surface area contributed by atoms with E-state index in [-0.39, 0.29) is 33.7 Å². The molecule has 0 atom stereocenters. The summed E-state index contributed by atoms with van der Waals surface area (Å²) >= 11 is 11.1. The molecule has 3 heterocycles. The van der Waals surface area contributed by atoms with Gasteiger partial charge in [-0.2, -0.15) is 31.4 Å². The van der Waals surface area contributed by atoms with E-state index < -0.39 is 36.1 Å². The molecule has 17 heteroatoms. The van der Waals surface area contributed by atoms with Crippen molar-refractivity contribution in [3.63, 3.8) is 0 Å². The van der Waals surface area contributed by atoms with Gasteiger partial charge in [-0.05, 0) is 35.8 Å². The number of nitrogens with zero attached hydrogens (tertiary/aromatic N) is 5. The first kappa shape index (κ1) is 31.0. The third-order valence-corrected chi connectivity index (χ3v) is 5.88. The molecule has 0 radical (unpaired) electrons. The highest BCUT2D eigenvalue weighted by atomic mass is 35.5. The number of alkyl halides is 6. The molecule has 0 unspecified atom stereocenters. The highest BCUT2D eigenvalue weighted by molar-refractivity contribution is 6.59. The van der Waals surface area contributed by atoms with Crippen LogP contribution in [-0.4, -0.2) is 41.7 Å². The Morgan fingerprint density at radius 3 is 2.14 bits per heavy atom. The van der Waals surface area contributed by atoms with E-state index in [1.807, 2.05) is 0 Å². The van der Waals surface area contributed by atoms with Crippen LogP contribution in [0.25, 0.3) is 17.0 Å². The van der Waals surface area contributed by atoms with Crippen molar-refractivity contribution in [1.82, 2.24) is 24.6 Å². The van der Waals surface area contributed by atoms with Crippen LogP contribution in [0, 0.1) is 0 Å². The van der Waals surface area contributed by atoms with E-state index in [4.69, 9.17) is 38.0 Å². The lowest BCUT2D eigenvalue weighted by atomic mass is 9.77. The van der Waals surface area contributed by atoms with Crippen LogP contribution in [0.5, 0.6) is 5.88 Å². The Morgan fingerprint density at radius 1 is 0.857 bits per heavy atom. The first-order valence-corrected chi connectivity index (χ1v) is 12.3. The lowest BCUT2D eigenvalue weighted by Crippen LogP contribution is -2.35. The van der Waals surface area contributed by atoms with Crippen molar-refractivity contribution in [2.75, 3.05) is 0 Å². The van der Waals surface area contributed by atoms with Crippen LogP contribution in [0.2, 0.25) is 10.0 Å². The number of fused-ring (bicyclic) bond motifs is 1. The number of imidazole rings is 1. The van der Waals surface area contributed by atoms with Crippen LogP contribution < -0.4 is 10.2 Å². The molecule has 5 rings (SSSR count). The molecule has 8 nitrogen and oxygen atoms in total. The average molecular weight is 630 g/mol. The number of aromatic nitrogens is 5. The summed E-state index contributed by atoms with van der Waals surface area (Å²) < 4.78 is 83.8. The van der Waals surface area contributed by atoms with Crippen LogP contribution >= 0.6 is 23.2 Å². The van der Waals surface area contributed by atoms with E-state index >= 15 is 0 Å². The van der Waals surface area contributed by atoms with Crippen molar-refractivity contribution in [2.45, 2.75) is 19.0 Å². The van der Waals surface area contributed by atoms with E-state index in [1.165, 1.54) is 29.0 Å². The molecule has 5 aromatic rings. The van der Waals surface area contributed by atoms with Crippen molar-refractivity contribution in [1.29, 1.82) is 0 Å². The predicted octanol–water partition coefficient (Wildman–Crippen LogP) is 5.48. The highest BCUT2D eigenvalue weighted by Crippen LogP contribution is 2.37. The van der Waals surface area contributed by atoms with Gasteiger partial charge < -0.3 is 14.8 Å². The summed E-state index contributed by atoms with van der Waals surface area (Å²) in [5.74, 6) is 0.669. The number of benzene rings is 2. The fourth-order valence-corrected chi connectivity index (χ4v) is 3.92. The zero-order valence-electron chi connectivity index (χ0n) is 20.8. The Hall–Kier alpha value is -3.92. The average Bonchev–Trinajstić information content (AvgIpc) is 3.34. The van der Waals surface area contributed by atoms with Crippen LogP contribution in [-0.2, 0) is 19.0 Å². The second-order valence-electron chi connectivity index (χ2n) is 8.37. The number of rotatable bonds is 5. The molecule has 218 valence electrons. The van der Waals surface area contributed by atoms with Gasteiger partial charge in [0.25, 0.3) is 5.78 Å². The van der Waals surface area contributed by atoms with Crippen LogP contribution in [0.15, 0.2) is 73.2 Å². The summed E-state index contributed by atoms with van der Waals surface area (Å²) in [7, 11) is -2.16. The first-order valence-electron chi connectivity index (χ1n) is 11.6. The Labute approximate surface area is 243 Å². The van der Waals surface area contributed by atoms with Crippen molar-refractivity contribution in [3.05, 3.63) is 100 Å². The van der Waals surface area contributed by atoms with Crippen molar-refractivity contribution >= 4 is 41.6 Å². The van der Waals surface area contributed by atoms with Crippen LogP contribution in [0.3, 0.4) is 0 Å². The second-order valence-corrected chi connectivity index (χ2v) is 9.24. The van der Waals surface area contributed by atoms with E-state index in [9.17, 15) is 26.3 Å². The molecule has 0 aliphatic carbocycles. The van der Waals surface area contributed by atoms with Gasteiger partial charge >= 0.3 is 19.5 Å². The van der Waals surface area contributed by atoms with Gasteiger partial charge in [-0.15, -0.1) is 0 Å². The number of halogens is 8. The minimum Gasteiger partial charge on any atom is -0.471 e. The summed E-state index contributed by atoms with van der Waals surface area (Å²) in [5.41, 5.74) is -2.19. The minimum atomic E-state index is -4.65. The van der Waals surface area contributed by atoms with Crippen molar-refractivity contribution < 1.29 is 41.1 Å². The van der Waals surface area contributed by atoms with Gasteiger partial charge in [-0.1, -0.05) is 41.4 Å². The standard InChI is InChI=1S/C18H11ClF3N5O.C7H5BClF3O2/c19-11-4-5-13(14(7-11)18(20,21)22)15-8-24-17-25-12(9-27(17)26-15)10-28-16-3-1-2-6-23-16;9-4-1-2-6(8(13)14)5(3-4)7(10,11)12/h1-9H,10H2;1-3,13-14H. The van der Waals surface area contributed by atoms with Gasteiger partial charge in [0.2, 0.25) is 5.88 Å². The zero-order valence-corrected chi connectivity index (χ0v) is 22.3. The molecule has 0 aliphatic heterocycles. The monoisotopic (exact) mass is 629 g/mol. The van der Waals surface area contributed by atoms with Gasteiger partial charge in [-0.25, -0.2) is 19.5 Å². The summed E-state index contributed by atoms with van der Waals surface area (Å²) in [6.07, 6.45) is -4.85. The summed E-state index contributed by atoms with van der Waals surface area (Å²) in [6, 6.07) is 11.5. The molecule has 42 heavy (non-hydrogen) atoms. The Morgan fingerprint density at radius 2 is 1.52 bits per heavy atom. The van der Waals surface area contributed by atoms with Gasteiger partial charge in [-0.3, -0.25) is 0 Å². The molecule has 2 N–H and O–H groups in total. The maximum absolute atomic E-state index is 13.3. The lowest BCUT2D eigenvalue weighted by molar-refractivity contribution is -0.137. The Bertz CT molecular complexity index is 1690.